The van der Waals surface area contributed by atoms with E-state index in [2.05, 4.69) is 21.2 Å². The van der Waals surface area contributed by atoms with Gasteiger partial charge in [-0.1, -0.05) is 23.7 Å². The van der Waals surface area contributed by atoms with E-state index >= 15 is 0 Å². The van der Waals surface area contributed by atoms with Crippen LogP contribution < -0.4 is 10.1 Å². The maximum Gasteiger partial charge on any atom is 0.259 e. The summed E-state index contributed by atoms with van der Waals surface area (Å²) < 4.78 is 5.97. The number of nitrogens with one attached hydrogen (secondary N) is 1. The SMILES string of the molecule is COc1ccc(Cl)cc1C(=O)Nc1ccccc1Br. The smallest absolute Gasteiger partial charge is 0.259 e. The van der Waals surface area contributed by atoms with Crippen LogP contribution in [0.2, 0.25) is 5.02 Å². The molecule has 0 saturated carbocycles. The molecule has 0 atom stereocenters. The third-order valence-electron chi connectivity index (χ3n) is 2.53. The second-order valence-corrected chi connectivity index (χ2v) is 5.07. The highest BCUT2D eigenvalue weighted by Gasteiger charge is 2.14. The first-order valence-electron chi connectivity index (χ1n) is 5.51. The molecule has 0 aliphatic carbocycles. The van der Waals surface area contributed by atoms with Crippen LogP contribution in [0.5, 0.6) is 5.75 Å². The van der Waals surface area contributed by atoms with Crippen LogP contribution >= 0.6 is 27.5 Å². The van der Waals surface area contributed by atoms with Crippen LogP contribution in [0.1, 0.15) is 10.4 Å². The van der Waals surface area contributed by atoms with Gasteiger partial charge in [0.1, 0.15) is 5.75 Å². The molecule has 0 saturated heterocycles. The summed E-state index contributed by atoms with van der Waals surface area (Å²) in [5.41, 5.74) is 1.08. The number of halogens is 2. The Morgan fingerprint density at radius 2 is 2.00 bits per heavy atom. The summed E-state index contributed by atoms with van der Waals surface area (Å²) in [4.78, 5) is 12.2. The fourth-order valence-electron chi connectivity index (χ4n) is 1.61. The summed E-state index contributed by atoms with van der Waals surface area (Å²) in [6.45, 7) is 0. The first-order valence-corrected chi connectivity index (χ1v) is 6.68. The fourth-order valence-corrected chi connectivity index (χ4v) is 2.17. The maximum atomic E-state index is 12.2. The van der Waals surface area contributed by atoms with E-state index in [-0.39, 0.29) is 5.91 Å². The lowest BCUT2D eigenvalue weighted by Crippen LogP contribution is -2.13. The van der Waals surface area contributed by atoms with Crippen LogP contribution in [0.15, 0.2) is 46.9 Å². The lowest BCUT2D eigenvalue weighted by molar-refractivity contribution is 0.102. The second kappa shape index (κ2) is 6.08. The molecule has 0 aliphatic rings. The number of amides is 1. The van der Waals surface area contributed by atoms with Gasteiger partial charge in [0.15, 0.2) is 0 Å². The van der Waals surface area contributed by atoms with E-state index in [0.29, 0.717) is 22.0 Å². The standard InChI is InChI=1S/C14H11BrClNO2/c1-19-13-7-6-9(16)8-10(13)14(18)17-12-5-3-2-4-11(12)15/h2-8H,1H3,(H,17,18). The molecule has 0 aliphatic heterocycles. The van der Waals surface area contributed by atoms with E-state index in [1.54, 1.807) is 24.3 Å². The van der Waals surface area contributed by atoms with Crippen molar-refractivity contribution in [2.24, 2.45) is 0 Å². The maximum absolute atomic E-state index is 12.2. The van der Waals surface area contributed by atoms with Crippen molar-refractivity contribution in [3.63, 3.8) is 0 Å². The monoisotopic (exact) mass is 339 g/mol. The highest BCUT2D eigenvalue weighted by molar-refractivity contribution is 9.10. The Labute approximate surface area is 124 Å². The molecule has 0 bridgehead atoms. The normalized spacial score (nSPS) is 10.1. The van der Waals surface area contributed by atoms with Crippen LogP contribution in [-0.4, -0.2) is 13.0 Å². The van der Waals surface area contributed by atoms with Gasteiger partial charge in [0.05, 0.1) is 18.4 Å². The Morgan fingerprint density at radius 3 is 2.68 bits per heavy atom. The Morgan fingerprint density at radius 1 is 1.26 bits per heavy atom. The van der Waals surface area contributed by atoms with E-state index in [9.17, 15) is 4.79 Å². The Balaban J connectivity index is 2.30. The molecule has 0 spiro atoms. The zero-order valence-corrected chi connectivity index (χ0v) is 12.5. The number of benzene rings is 2. The summed E-state index contributed by atoms with van der Waals surface area (Å²) >= 11 is 9.28. The third-order valence-corrected chi connectivity index (χ3v) is 3.45. The average molecular weight is 341 g/mol. The van der Waals surface area contributed by atoms with Crippen molar-refractivity contribution in [2.75, 3.05) is 12.4 Å². The minimum Gasteiger partial charge on any atom is -0.496 e. The number of methoxy groups -OCH3 is 1. The van der Waals surface area contributed by atoms with E-state index in [1.807, 2.05) is 18.2 Å². The number of para-hydroxylation sites is 1. The third kappa shape index (κ3) is 3.28. The summed E-state index contributed by atoms with van der Waals surface area (Å²) in [6.07, 6.45) is 0. The van der Waals surface area contributed by atoms with Crippen LogP contribution in [-0.2, 0) is 0 Å². The highest BCUT2D eigenvalue weighted by Crippen LogP contribution is 2.26. The zero-order chi connectivity index (χ0) is 13.8. The van der Waals surface area contributed by atoms with Gasteiger partial charge in [0.2, 0.25) is 0 Å². The van der Waals surface area contributed by atoms with Gasteiger partial charge >= 0.3 is 0 Å². The van der Waals surface area contributed by atoms with Gasteiger partial charge in [-0.15, -0.1) is 0 Å². The van der Waals surface area contributed by atoms with Crippen molar-refractivity contribution in [1.29, 1.82) is 0 Å². The summed E-state index contributed by atoms with van der Waals surface area (Å²) in [5, 5.41) is 3.29. The number of carbonyl (C=O) groups excluding carboxylic acids is 1. The molecule has 3 nitrogen and oxygen atoms in total. The van der Waals surface area contributed by atoms with Crippen molar-refractivity contribution < 1.29 is 9.53 Å². The Hall–Kier alpha value is -1.52. The summed E-state index contributed by atoms with van der Waals surface area (Å²) in [7, 11) is 1.51. The zero-order valence-electron chi connectivity index (χ0n) is 10.1. The minimum absolute atomic E-state index is 0.272. The highest BCUT2D eigenvalue weighted by atomic mass is 79.9. The predicted octanol–water partition coefficient (Wildman–Crippen LogP) is 4.36. The molecular weight excluding hydrogens is 330 g/mol. The van der Waals surface area contributed by atoms with Crippen molar-refractivity contribution in [3.8, 4) is 5.75 Å². The number of hydrogen-bond acceptors (Lipinski definition) is 2. The van der Waals surface area contributed by atoms with Gasteiger partial charge in [-0.05, 0) is 46.3 Å². The van der Waals surface area contributed by atoms with E-state index in [1.165, 1.54) is 7.11 Å². The van der Waals surface area contributed by atoms with Gasteiger partial charge in [0.25, 0.3) is 5.91 Å². The Kier molecular flexibility index (Phi) is 4.45. The molecule has 0 radical (unpaired) electrons. The minimum atomic E-state index is -0.272. The van der Waals surface area contributed by atoms with Crippen molar-refractivity contribution in [1.82, 2.24) is 0 Å². The topological polar surface area (TPSA) is 38.3 Å². The Bertz CT molecular complexity index is 616. The average Bonchev–Trinajstić information content (AvgIpc) is 2.41. The quantitative estimate of drug-likeness (QED) is 0.901. The van der Waals surface area contributed by atoms with Gasteiger partial charge in [-0.25, -0.2) is 0 Å². The molecule has 1 N–H and O–H groups in total. The molecule has 0 unspecified atom stereocenters. The molecule has 1 amide bonds. The van der Waals surface area contributed by atoms with E-state index < -0.39 is 0 Å². The number of ether oxygens (including phenoxy) is 1. The summed E-state index contributed by atoms with van der Waals surface area (Å²) in [6, 6.07) is 12.3. The molecule has 2 aromatic carbocycles. The molecule has 2 rings (SSSR count). The molecule has 19 heavy (non-hydrogen) atoms. The van der Waals surface area contributed by atoms with Gasteiger partial charge in [-0.2, -0.15) is 0 Å². The number of anilines is 1. The van der Waals surface area contributed by atoms with E-state index in [4.69, 9.17) is 16.3 Å². The van der Waals surface area contributed by atoms with Crippen LogP contribution in [0.3, 0.4) is 0 Å². The fraction of sp³-hybridized carbons (Fsp3) is 0.0714. The van der Waals surface area contributed by atoms with Crippen LogP contribution in [0.25, 0.3) is 0 Å². The largest absolute Gasteiger partial charge is 0.496 e. The van der Waals surface area contributed by atoms with Crippen molar-refractivity contribution in [2.45, 2.75) is 0 Å². The lowest BCUT2D eigenvalue weighted by atomic mass is 10.2. The molecular formula is C14H11BrClNO2. The molecule has 0 heterocycles. The van der Waals surface area contributed by atoms with Crippen molar-refractivity contribution >= 4 is 39.1 Å². The molecule has 98 valence electrons. The van der Waals surface area contributed by atoms with Gasteiger partial charge in [0, 0.05) is 9.50 Å². The molecule has 2 aromatic rings. The molecule has 0 fully saturated rings. The van der Waals surface area contributed by atoms with Gasteiger partial charge < -0.3 is 10.1 Å². The molecule has 0 aromatic heterocycles. The number of hydrogen-bond donors (Lipinski definition) is 1. The van der Waals surface area contributed by atoms with Crippen LogP contribution in [0.4, 0.5) is 5.69 Å². The summed E-state index contributed by atoms with van der Waals surface area (Å²) in [5.74, 6) is 0.209. The van der Waals surface area contributed by atoms with Crippen LogP contribution in [0, 0.1) is 0 Å². The van der Waals surface area contributed by atoms with Crippen molar-refractivity contribution in [3.05, 3.63) is 57.5 Å². The van der Waals surface area contributed by atoms with Gasteiger partial charge in [-0.3, -0.25) is 4.79 Å². The number of carbonyl (C=O) groups is 1. The van der Waals surface area contributed by atoms with E-state index in [0.717, 1.165) is 4.47 Å². The number of rotatable bonds is 3. The first kappa shape index (κ1) is 13.9. The second-order valence-electron chi connectivity index (χ2n) is 3.78. The first-order chi connectivity index (χ1) is 9.11. The predicted molar refractivity (Wildman–Crippen MR) is 80.1 cm³/mol. The lowest BCUT2D eigenvalue weighted by Gasteiger charge is -2.10. The molecule has 5 heteroatoms.